The lowest BCUT2D eigenvalue weighted by molar-refractivity contribution is -0.144. The van der Waals surface area contributed by atoms with Crippen molar-refractivity contribution in [1.29, 1.82) is 0 Å². The lowest BCUT2D eigenvalue weighted by Crippen LogP contribution is -2.57. The normalized spacial score (nSPS) is 15.7. The molecule has 0 radical (unpaired) electrons. The molecule has 5 N–H and O–H groups in total. The number of amides is 5. The monoisotopic (exact) mass is 1140 g/mol. The highest BCUT2D eigenvalue weighted by molar-refractivity contribution is 7.13. The van der Waals surface area contributed by atoms with Gasteiger partial charge in [0.05, 0.1) is 40.7 Å². The van der Waals surface area contributed by atoms with Crippen molar-refractivity contribution >= 4 is 74.9 Å². The fraction of sp³-hybridized carbons (Fsp3) is 0.435. The molecule has 2 aliphatic rings. The number of nitrogens with one attached hydrogen (secondary N) is 4. The van der Waals surface area contributed by atoms with Crippen LogP contribution in [0, 0.1) is 19.3 Å². The number of nitrogens with zero attached hydrogens (tertiary/aromatic N) is 7. The summed E-state index contributed by atoms with van der Waals surface area (Å²) in [5.74, 6) is -0.279. The number of likely N-dealkylation sites (tertiary alicyclic amines) is 1. The summed E-state index contributed by atoms with van der Waals surface area (Å²) >= 11 is 1.58. The molecule has 0 saturated carbocycles. The van der Waals surface area contributed by atoms with E-state index in [0.717, 1.165) is 77.9 Å². The van der Waals surface area contributed by atoms with Crippen molar-refractivity contribution in [3.63, 3.8) is 0 Å². The van der Waals surface area contributed by atoms with Gasteiger partial charge in [-0.25, -0.2) is 9.97 Å². The van der Waals surface area contributed by atoms with Crippen molar-refractivity contribution in [2.45, 2.75) is 130 Å². The van der Waals surface area contributed by atoms with Crippen molar-refractivity contribution in [2.24, 2.45) is 5.41 Å². The average molecular weight is 1140 g/mol. The summed E-state index contributed by atoms with van der Waals surface area (Å²) in [7, 11) is 1.60. The Morgan fingerprint density at radius 1 is 0.866 bits per heavy atom. The molecule has 3 unspecified atom stereocenters. The first-order valence-electron chi connectivity index (χ1n) is 28.4. The number of hydrogen-bond donors (Lipinski definition) is 5. The van der Waals surface area contributed by atoms with E-state index in [0.29, 0.717) is 72.9 Å². The fourth-order valence-corrected chi connectivity index (χ4v) is 11.4. The molecule has 434 valence electrons. The average Bonchev–Trinajstić information content (AvgIpc) is 4.23. The minimum Gasteiger partial charge on any atom is -0.494 e. The molecule has 19 nitrogen and oxygen atoms in total. The lowest BCUT2D eigenvalue weighted by atomic mass is 9.85. The molecule has 2 fully saturated rings. The first-order chi connectivity index (χ1) is 39.4. The highest BCUT2D eigenvalue weighted by atomic mass is 32.1. The molecule has 2 saturated heterocycles. The molecule has 0 spiro atoms. The fourth-order valence-electron chi connectivity index (χ4n) is 10.6. The van der Waals surface area contributed by atoms with Gasteiger partial charge in [-0.2, -0.15) is 4.98 Å². The number of β-amino-alcohol motifs (C(OH)–C–C–N with tert-alkyl or cyclic N) is 1. The number of carbonyl (C=O) groups is 5. The minimum absolute atomic E-state index is 0.0212. The molecule has 20 heteroatoms. The van der Waals surface area contributed by atoms with E-state index < -0.39 is 23.6 Å². The third kappa shape index (κ3) is 15.3. The third-order valence-electron chi connectivity index (χ3n) is 15.2. The number of thiazole rings is 1. The van der Waals surface area contributed by atoms with E-state index >= 15 is 0 Å². The van der Waals surface area contributed by atoms with E-state index in [1.807, 2.05) is 87.5 Å². The molecule has 5 heterocycles. The summed E-state index contributed by atoms with van der Waals surface area (Å²) in [6.45, 7) is 15.9. The van der Waals surface area contributed by atoms with Gasteiger partial charge in [-0.15, -0.1) is 11.3 Å². The van der Waals surface area contributed by atoms with Gasteiger partial charge in [-0.1, -0.05) is 96.2 Å². The second-order valence-electron chi connectivity index (χ2n) is 22.3. The zero-order valence-electron chi connectivity index (χ0n) is 48.0. The van der Waals surface area contributed by atoms with Gasteiger partial charge in [-0.05, 0) is 85.2 Å². The number of piperazine rings is 1. The van der Waals surface area contributed by atoms with Crippen LogP contribution in [0.3, 0.4) is 0 Å². The van der Waals surface area contributed by atoms with Crippen LogP contribution in [0.2, 0.25) is 0 Å². The van der Waals surface area contributed by atoms with Crippen LogP contribution in [0.15, 0.2) is 102 Å². The number of anilines is 4. The molecular formula is C62H77N11O8S. The van der Waals surface area contributed by atoms with Gasteiger partial charge in [0.15, 0.2) is 5.65 Å². The van der Waals surface area contributed by atoms with Crippen LogP contribution in [0.4, 0.5) is 23.0 Å². The molecule has 6 aromatic rings. The van der Waals surface area contributed by atoms with E-state index in [-0.39, 0.29) is 67.0 Å². The molecule has 3 aromatic carbocycles. The third-order valence-corrected chi connectivity index (χ3v) is 16.2. The van der Waals surface area contributed by atoms with Crippen LogP contribution in [0.25, 0.3) is 27.2 Å². The Kier molecular flexibility index (Phi) is 20.3. The maximum atomic E-state index is 14.1. The zero-order chi connectivity index (χ0) is 58.5. The number of pyridine rings is 1. The molecular weight excluding hydrogens is 1060 g/mol. The molecule has 5 amide bonds. The van der Waals surface area contributed by atoms with Crippen LogP contribution < -0.4 is 36.5 Å². The van der Waals surface area contributed by atoms with E-state index in [1.165, 1.54) is 21.6 Å². The number of carbonyl (C=O) groups excluding carboxylic acids is 5. The van der Waals surface area contributed by atoms with Gasteiger partial charge in [0.1, 0.15) is 17.8 Å². The number of fused-ring (bicyclic) bond motifs is 1. The predicted molar refractivity (Wildman–Crippen MR) is 322 cm³/mol. The molecule has 8 rings (SSSR count). The Morgan fingerprint density at radius 2 is 1.57 bits per heavy atom. The first-order valence-corrected chi connectivity index (χ1v) is 29.2. The van der Waals surface area contributed by atoms with Crippen molar-refractivity contribution < 1.29 is 33.8 Å². The van der Waals surface area contributed by atoms with Crippen LogP contribution in [-0.4, -0.2) is 122 Å². The van der Waals surface area contributed by atoms with Gasteiger partial charge in [-0.3, -0.25) is 33.3 Å². The number of rotatable bonds is 24. The predicted octanol–water partition coefficient (Wildman–Crippen LogP) is 8.76. The van der Waals surface area contributed by atoms with Gasteiger partial charge < -0.3 is 45.8 Å². The topological polar surface area (TPSA) is 233 Å². The number of aryl methyl sites for hydroxylation is 2. The van der Waals surface area contributed by atoms with Gasteiger partial charge in [0.2, 0.25) is 35.5 Å². The summed E-state index contributed by atoms with van der Waals surface area (Å²) in [5.41, 5.74) is 7.57. The summed E-state index contributed by atoms with van der Waals surface area (Å²) < 4.78 is 7.30. The maximum Gasteiger partial charge on any atom is 0.257 e. The Balaban J connectivity index is 0.714. The summed E-state index contributed by atoms with van der Waals surface area (Å²) in [6.07, 6.45) is 10.5. The van der Waals surface area contributed by atoms with E-state index in [1.54, 1.807) is 48.9 Å². The number of unbranched alkanes of at least 4 members (excludes halogenated alkanes) is 7. The number of aromatic nitrogens is 4. The van der Waals surface area contributed by atoms with Crippen molar-refractivity contribution in [2.75, 3.05) is 55.4 Å². The SMILES string of the molecule is C=CC(=O)Nc1cccc(-n2c(=O)cc(C)c3cnc(Nc4ccc(N5CCN(C(=O)CCCCCCCCCCC(=O)NC(C(=O)N6CC(O)CC6C(=O)NCc6ccc(-c7scnc7C)cc6)C(C)(C)C)CC5)cc4OC)nc32)c1. The number of hydrogen-bond acceptors (Lipinski definition) is 14. The first kappa shape index (κ1) is 60.1. The lowest BCUT2D eigenvalue weighted by Gasteiger charge is -2.36. The summed E-state index contributed by atoms with van der Waals surface area (Å²) in [6, 6.07) is 20.5. The Labute approximate surface area is 483 Å². The number of methoxy groups -OCH3 is 1. The van der Waals surface area contributed by atoms with Gasteiger partial charge in [0, 0.05) is 93.6 Å². The molecule has 2 aliphatic heterocycles. The summed E-state index contributed by atoms with van der Waals surface area (Å²) in [4.78, 5) is 99.9. The van der Waals surface area contributed by atoms with Gasteiger partial charge in [0.25, 0.3) is 5.56 Å². The molecule has 0 aliphatic carbocycles. The van der Waals surface area contributed by atoms with Crippen molar-refractivity contribution in [3.05, 3.63) is 124 Å². The van der Waals surface area contributed by atoms with Gasteiger partial charge >= 0.3 is 0 Å². The van der Waals surface area contributed by atoms with E-state index in [4.69, 9.17) is 9.72 Å². The number of aliphatic hydroxyl groups excluding tert-OH is 1. The highest BCUT2D eigenvalue weighted by Crippen LogP contribution is 2.34. The highest BCUT2D eigenvalue weighted by Gasteiger charge is 2.44. The number of benzene rings is 3. The maximum absolute atomic E-state index is 14.1. The van der Waals surface area contributed by atoms with E-state index in [2.05, 4.69) is 42.7 Å². The number of aliphatic hydroxyl groups is 1. The van der Waals surface area contributed by atoms with Crippen molar-refractivity contribution in [1.82, 2.24) is 40.0 Å². The van der Waals surface area contributed by atoms with E-state index in [9.17, 15) is 33.9 Å². The zero-order valence-corrected chi connectivity index (χ0v) is 48.8. The number of ether oxygens (including phenoxy) is 1. The Hall–Kier alpha value is -7.97. The molecule has 3 atom stereocenters. The second kappa shape index (κ2) is 27.7. The standard InChI is InChI=1S/C62H77N11O8S/c1-8-52(75)66-44-18-17-19-46(33-44)73-55(78)32-40(2)48-37-64-61(69-58(48)73)67-49-27-26-45(34-51(49)81-7)70-28-30-71(31-29-70)54(77)21-16-14-12-10-9-11-13-15-20-53(76)68-57(62(4,5)6)60(80)72-38-47(74)35-50(72)59(79)63-36-42-22-24-43(25-23-42)56-41(3)65-39-82-56/h8,17-19,22-27,32-34,37,39,47,50,57,74H,1,9-16,20-21,28-31,35-36,38H2,2-7H3,(H,63,79)(H,66,75)(H,68,76)(H,64,67,69). The summed E-state index contributed by atoms with van der Waals surface area (Å²) in [5, 5.41) is 23.3. The molecule has 0 bridgehead atoms. The molecule has 82 heavy (non-hydrogen) atoms. The van der Waals surface area contributed by atoms with Crippen molar-refractivity contribution in [3.8, 4) is 21.9 Å². The smallest absolute Gasteiger partial charge is 0.257 e. The van der Waals surface area contributed by atoms with Crippen LogP contribution in [0.5, 0.6) is 5.75 Å². The minimum atomic E-state index is -0.867. The Bertz CT molecular complexity index is 3310. The molecule has 3 aromatic heterocycles. The quantitative estimate of drug-likeness (QED) is 0.0282. The largest absolute Gasteiger partial charge is 0.494 e. The van der Waals surface area contributed by atoms with Crippen LogP contribution >= 0.6 is 11.3 Å². The second-order valence-corrected chi connectivity index (χ2v) is 23.2. The van der Waals surface area contributed by atoms with Crippen LogP contribution in [0.1, 0.15) is 108 Å². The Morgan fingerprint density at radius 3 is 2.24 bits per heavy atom. The van der Waals surface area contributed by atoms with Crippen LogP contribution in [-0.2, 0) is 30.5 Å².